The van der Waals surface area contributed by atoms with E-state index in [-0.39, 0.29) is 29.9 Å². The van der Waals surface area contributed by atoms with E-state index in [1.807, 2.05) is 0 Å². The van der Waals surface area contributed by atoms with Gasteiger partial charge in [-0.25, -0.2) is 4.98 Å². The van der Waals surface area contributed by atoms with E-state index in [1.54, 1.807) is 54.3 Å². The summed E-state index contributed by atoms with van der Waals surface area (Å²) in [6, 6.07) is 8.84. The van der Waals surface area contributed by atoms with E-state index in [2.05, 4.69) is 15.6 Å². The first-order valence-corrected chi connectivity index (χ1v) is 8.25. The third-order valence-electron chi connectivity index (χ3n) is 3.78. The van der Waals surface area contributed by atoms with Crippen molar-refractivity contribution in [3.8, 4) is 0 Å². The number of ether oxygens (including phenoxy) is 1. The maximum atomic E-state index is 12.5. The van der Waals surface area contributed by atoms with E-state index in [0.29, 0.717) is 30.8 Å². The van der Waals surface area contributed by atoms with Crippen molar-refractivity contribution in [1.82, 2.24) is 20.0 Å². The number of carbonyl (C=O) groups is 2. The largest absolute Gasteiger partial charge is 0.467 e. The number of fused-ring (bicyclic) bond motifs is 1. The molecule has 0 atom stereocenters. The van der Waals surface area contributed by atoms with Crippen LogP contribution in [0, 0.1) is 0 Å². The van der Waals surface area contributed by atoms with E-state index in [4.69, 9.17) is 9.15 Å². The Morgan fingerprint density at radius 1 is 1.19 bits per heavy atom. The second-order valence-corrected chi connectivity index (χ2v) is 5.60. The number of nitrogens with one attached hydrogen (secondary N) is 2. The fourth-order valence-electron chi connectivity index (χ4n) is 2.53. The lowest BCUT2D eigenvalue weighted by Gasteiger charge is -2.03. The van der Waals surface area contributed by atoms with Crippen LogP contribution in [0.25, 0.3) is 5.52 Å². The van der Waals surface area contributed by atoms with Gasteiger partial charge in [-0.15, -0.1) is 0 Å². The predicted molar refractivity (Wildman–Crippen MR) is 93.9 cm³/mol. The van der Waals surface area contributed by atoms with Crippen LogP contribution in [0.2, 0.25) is 0 Å². The Balaban J connectivity index is 1.78. The van der Waals surface area contributed by atoms with Gasteiger partial charge in [0.1, 0.15) is 5.76 Å². The van der Waals surface area contributed by atoms with Crippen molar-refractivity contribution in [3.63, 3.8) is 0 Å². The first kappa shape index (κ1) is 17.7. The first-order valence-electron chi connectivity index (χ1n) is 8.25. The van der Waals surface area contributed by atoms with Gasteiger partial charge in [-0.1, -0.05) is 6.07 Å². The van der Waals surface area contributed by atoms with Crippen LogP contribution in [0.1, 0.15) is 33.3 Å². The minimum Gasteiger partial charge on any atom is -0.467 e. The molecule has 3 aromatic heterocycles. The molecule has 0 aromatic carbocycles. The molecular formula is C18H20N4O4. The standard InChI is InChI=1S/C18H20N4O4/c1-25-10-5-8-19-17(23)15-14-7-2-3-9-22(14)16(21-15)18(24)20-12-13-6-4-11-26-13/h2-4,6-7,9,11H,5,8,10,12H2,1H3,(H,19,23)(H,20,24). The SMILES string of the molecule is COCCCNC(=O)c1nc(C(=O)NCc2ccco2)n2ccccc12. The van der Waals surface area contributed by atoms with Crippen LogP contribution in [-0.4, -0.2) is 41.5 Å². The monoisotopic (exact) mass is 356 g/mol. The van der Waals surface area contributed by atoms with Crippen molar-refractivity contribution >= 4 is 17.3 Å². The minimum absolute atomic E-state index is 0.147. The highest BCUT2D eigenvalue weighted by atomic mass is 16.5. The smallest absolute Gasteiger partial charge is 0.288 e. The Morgan fingerprint density at radius 3 is 2.85 bits per heavy atom. The predicted octanol–water partition coefficient (Wildman–Crippen LogP) is 1.62. The van der Waals surface area contributed by atoms with Crippen LogP contribution in [-0.2, 0) is 11.3 Å². The molecule has 3 aromatic rings. The number of hydrogen-bond donors (Lipinski definition) is 2. The summed E-state index contributed by atoms with van der Waals surface area (Å²) in [7, 11) is 1.61. The second kappa shape index (κ2) is 8.30. The lowest BCUT2D eigenvalue weighted by atomic mass is 10.3. The Kier molecular flexibility index (Phi) is 5.65. The number of methoxy groups -OCH3 is 1. The summed E-state index contributed by atoms with van der Waals surface area (Å²) >= 11 is 0. The summed E-state index contributed by atoms with van der Waals surface area (Å²) < 4.78 is 11.8. The maximum absolute atomic E-state index is 12.5. The topological polar surface area (TPSA) is 97.9 Å². The van der Waals surface area contributed by atoms with Gasteiger partial charge < -0.3 is 19.8 Å². The fourth-order valence-corrected chi connectivity index (χ4v) is 2.53. The van der Waals surface area contributed by atoms with Gasteiger partial charge in [-0.05, 0) is 30.7 Å². The Bertz CT molecular complexity index is 886. The zero-order valence-corrected chi connectivity index (χ0v) is 14.4. The van der Waals surface area contributed by atoms with E-state index >= 15 is 0 Å². The van der Waals surface area contributed by atoms with Crippen molar-refractivity contribution in [1.29, 1.82) is 0 Å². The van der Waals surface area contributed by atoms with Crippen molar-refractivity contribution in [2.75, 3.05) is 20.3 Å². The van der Waals surface area contributed by atoms with Crippen molar-refractivity contribution in [2.24, 2.45) is 0 Å². The fraction of sp³-hybridized carbons (Fsp3) is 0.278. The lowest BCUT2D eigenvalue weighted by Crippen LogP contribution is -2.26. The summed E-state index contributed by atoms with van der Waals surface area (Å²) in [6.07, 6.45) is 3.94. The normalized spacial score (nSPS) is 10.8. The van der Waals surface area contributed by atoms with Crippen LogP contribution in [0.5, 0.6) is 0 Å². The third-order valence-corrected chi connectivity index (χ3v) is 3.78. The van der Waals surface area contributed by atoms with E-state index in [0.717, 1.165) is 0 Å². The van der Waals surface area contributed by atoms with Gasteiger partial charge in [0, 0.05) is 26.5 Å². The molecule has 0 unspecified atom stereocenters. The minimum atomic E-state index is -0.388. The summed E-state index contributed by atoms with van der Waals surface area (Å²) in [5.41, 5.74) is 0.783. The molecule has 0 spiro atoms. The number of amides is 2. The number of hydrogen-bond acceptors (Lipinski definition) is 5. The molecule has 26 heavy (non-hydrogen) atoms. The molecule has 2 amide bonds. The van der Waals surface area contributed by atoms with E-state index in [1.165, 1.54) is 0 Å². The van der Waals surface area contributed by atoms with Crippen LogP contribution >= 0.6 is 0 Å². The van der Waals surface area contributed by atoms with Gasteiger partial charge in [-0.2, -0.15) is 0 Å². The molecule has 0 radical (unpaired) electrons. The Morgan fingerprint density at radius 2 is 2.08 bits per heavy atom. The van der Waals surface area contributed by atoms with Gasteiger partial charge in [0.2, 0.25) is 5.82 Å². The number of rotatable bonds is 8. The number of imidazole rings is 1. The summed E-state index contributed by atoms with van der Waals surface area (Å²) in [6.45, 7) is 1.27. The van der Waals surface area contributed by atoms with Crippen LogP contribution in [0.3, 0.4) is 0 Å². The molecule has 3 heterocycles. The van der Waals surface area contributed by atoms with Crippen molar-refractivity contribution in [2.45, 2.75) is 13.0 Å². The highest BCUT2D eigenvalue weighted by Crippen LogP contribution is 2.13. The number of pyridine rings is 1. The molecule has 8 heteroatoms. The van der Waals surface area contributed by atoms with Crippen LogP contribution in [0.15, 0.2) is 47.2 Å². The van der Waals surface area contributed by atoms with Gasteiger partial charge in [0.25, 0.3) is 11.8 Å². The zero-order valence-electron chi connectivity index (χ0n) is 14.4. The molecule has 3 rings (SSSR count). The highest BCUT2D eigenvalue weighted by molar-refractivity contribution is 6.02. The molecule has 0 saturated heterocycles. The van der Waals surface area contributed by atoms with Crippen molar-refractivity contribution in [3.05, 3.63) is 60.1 Å². The number of aromatic nitrogens is 2. The van der Waals surface area contributed by atoms with Crippen molar-refractivity contribution < 1.29 is 18.7 Å². The average molecular weight is 356 g/mol. The molecular weight excluding hydrogens is 336 g/mol. The van der Waals surface area contributed by atoms with Gasteiger partial charge >= 0.3 is 0 Å². The average Bonchev–Trinajstić information content (AvgIpc) is 3.31. The summed E-state index contributed by atoms with van der Waals surface area (Å²) in [5, 5.41) is 5.53. The number of carbonyl (C=O) groups excluding carboxylic acids is 2. The first-order chi connectivity index (χ1) is 12.7. The maximum Gasteiger partial charge on any atom is 0.288 e. The van der Waals surface area contributed by atoms with Gasteiger partial charge in [0.15, 0.2) is 5.69 Å². The van der Waals surface area contributed by atoms with Gasteiger partial charge in [0.05, 0.1) is 18.3 Å². The Labute approximate surface area is 150 Å². The molecule has 0 aliphatic carbocycles. The summed E-state index contributed by atoms with van der Waals surface area (Å²) in [4.78, 5) is 29.2. The molecule has 0 fully saturated rings. The molecule has 2 N–H and O–H groups in total. The van der Waals surface area contributed by atoms with Gasteiger partial charge in [-0.3, -0.25) is 14.0 Å². The zero-order chi connectivity index (χ0) is 18.4. The quantitative estimate of drug-likeness (QED) is 0.598. The highest BCUT2D eigenvalue weighted by Gasteiger charge is 2.21. The molecule has 0 saturated carbocycles. The van der Waals surface area contributed by atoms with Crippen LogP contribution < -0.4 is 10.6 Å². The summed E-state index contributed by atoms with van der Waals surface area (Å²) in [5.74, 6) is 0.0699. The molecule has 0 aliphatic heterocycles. The lowest BCUT2D eigenvalue weighted by molar-refractivity contribution is 0.0937. The molecule has 8 nitrogen and oxygen atoms in total. The van der Waals surface area contributed by atoms with E-state index < -0.39 is 0 Å². The molecule has 136 valence electrons. The molecule has 0 aliphatic rings. The second-order valence-electron chi connectivity index (χ2n) is 5.60. The van der Waals surface area contributed by atoms with Crippen LogP contribution in [0.4, 0.5) is 0 Å². The third kappa shape index (κ3) is 3.92. The molecule has 0 bridgehead atoms. The number of furan rings is 1. The Hall–Kier alpha value is -3.13. The van der Waals surface area contributed by atoms with E-state index in [9.17, 15) is 9.59 Å². The number of nitrogens with zero attached hydrogens (tertiary/aromatic N) is 2.